The van der Waals surface area contributed by atoms with E-state index in [1.807, 2.05) is 0 Å². The van der Waals surface area contributed by atoms with Crippen molar-refractivity contribution in [1.82, 2.24) is 4.90 Å². The summed E-state index contributed by atoms with van der Waals surface area (Å²) in [4.78, 5) is 11.9. The number of carbonyl (C=O) groups is 1. The molecule has 114 valence electrons. The molecule has 0 N–H and O–H groups in total. The minimum atomic E-state index is -5.67. The molecular weight excluding hydrogens is 348 g/mol. The average molecular weight is 360 g/mol. The highest BCUT2D eigenvalue weighted by Crippen LogP contribution is 2.40. The van der Waals surface area contributed by atoms with Crippen LogP contribution < -0.4 is 0 Å². The number of rotatable bonds is 6. The number of amides is 1. The van der Waals surface area contributed by atoms with Gasteiger partial charge in [-0.05, 0) is 0 Å². The first-order valence-corrected chi connectivity index (χ1v) is 6.15. The Hall–Kier alpha value is -0.510. The van der Waals surface area contributed by atoms with E-state index in [0.717, 1.165) is 0 Å². The van der Waals surface area contributed by atoms with Crippen LogP contribution in [0.4, 0.5) is 26.3 Å². The smallest absolute Gasteiger partial charge is 0.383 e. The van der Waals surface area contributed by atoms with Crippen molar-refractivity contribution >= 4 is 21.8 Å². The van der Waals surface area contributed by atoms with E-state index in [2.05, 4.69) is 20.7 Å². The normalized spacial score (nSPS) is 12.9. The molecule has 0 aromatic heterocycles. The largest absolute Gasteiger partial charge is 0.409 e. The van der Waals surface area contributed by atoms with E-state index in [-0.39, 0.29) is 25.0 Å². The molecule has 10 heteroatoms. The van der Waals surface area contributed by atoms with Crippen molar-refractivity contribution in [3.05, 3.63) is 0 Å². The van der Waals surface area contributed by atoms with Crippen LogP contribution in [0.2, 0.25) is 0 Å². The second kappa shape index (κ2) is 7.32. The fourth-order valence-corrected chi connectivity index (χ4v) is 1.71. The van der Waals surface area contributed by atoms with E-state index in [1.54, 1.807) is 0 Å². The Morgan fingerprint density at radius 2 is 1.63 bits per heavy atom. The highest BCUT2D eigenvalue weighted by molar-refractivity contribution is 9.09. The third-order valence-electron chi connectivity index (χ3n) is 2.13. The van der Waals surface area contributed by atoms with Crippen LogP contribution in [0, 0.1) is 5.92 Å². The van der Waals surface area contributed by atoms with Crippen LogP contribution in [0.5, 0.6) is 0 Å². The Labute approximate surface area is 114 Å². The lowest BCUT2D eigenvalue weighted by molar-refractivity contribution is -0.277. The summed E-state index contributed by atoms with van der Waals surface area (Å²) in [5.41, 5.74) is 0. The lowest BCUT2D eigenvalue weighted by Gasteiger charge is -2.29. The molecule has 0 radical (unpaired) electrons. The van der Waals surface area contributed by atoms with Crippen LogP contribution in [-0.2, 0) is 9.53 Å². The zero-order valence-corrected chi connectivity index (χ0v) is 11.4. The van der Waals surface area contributed by atoms with Gasteiger partial charge in [-0.2, -0.15) is 26.3 Å². The number of halogens is 7. The van der Waals surface area contributed by atoms with E-state index in [4.69, 9.17) is 0 Å². The van der Waals surface area contributed by atoms with E-state index in [9.17, 15) is 31.1 Å². The van der Waals surface area contributed by atoms with Crippen LogP contribution in [0.1, 0.15) is 0 Å². The number of alkyl halides is 7. The van der Waals surface area contributed by atoms with Gasteiger partial charge in [-0.25, -0.2) is 0 Å². The molecule has 0 bridgehead atoms. The Bertz CT molecular complexity index is 279. The number of ether oxygens (including phenoxy) is 1. The fourth-order valence-electron chi connectivity index (χ4n) is 1.28. The molecule has 0 spiro atoms. The zero-order chi connectivity index (χ0) is 15.3. The summed E-state index contributed by atoms with van der Waals surface area (Å²) >= 11 is 2.86. The maximum absolute atomic E-state index is 12.4. The quantitative estimate of drug-likeness (QED) is 0.539. The van der Waals surface area contributed by atoms with Gasteiger partial charge >= 0.3 is 12.4 Å². The van der Waals surface area contributed by atoms with Crippen LogP contribution in [0.15, 0.2) is 0 Å². The number of methoxy groups -OCH3 is 1. The molecule has 0 aliphatic heterocycles. The maximum Gasteiger partial charge on any atom is 0.409 e. The van der Waals surface area contributed by atoms with Gasteiger partial charge in [0.15, 0.2) is 0 Å². The van der Waals surface area contributed by atoms with Crippen LogP contribution in [0.25, 0.3) is 0 Å². The number of carbonyl (C=O) groups excluding carboxylic acids is 1. The van der Waals surface area contributed by atoms with E-state index in [1.165, 1.54) is 7.11 Å². The molecule has 0 rings (SSSR count). The number of hydrogen-bond donors (Lipinski definition) is 0. The van der Waals surface area contributed by atoms with Crippen molar-refractivity contribution in [1.29, 1.82) is 0 Å². The minimum Gasteiger partial charge on any atom is -0.383 e. The van der Waals surface area contributed by atoms with Gasteiger partial charge in [-0.3, -0.25) is 4.79 Å². The van der Waals surface area contributed by atoms with Gasteiger partial charge < -0.3 is 9.64 Å². The van der Waals surface area contributed by atoms with Gasteiger partial charge in [0.25, 0.3) is 0 Å². The summed E-state index contributed by atoms with van der Waals surface area (Å²) in [6.07, 6.45) is -11.3. The van der Waals surface area contributed by atoms with Crippen LogP contribution >= 0.6 is 15.9 Å². The topological polar surface area (TPSA) is 29.5 Å². The Morgan fingerprint density at radius 3 is 1.95 bits per heavy atom. The van der Waals surface area contributed by atoms with Gasteiger partial charge in [0.05, 0.1) is 6.61 Å². The molecule has 0 unspecified atom stereocenters. The third-order valence-corrected chi connectivity index (χ3v) is 2.49. The fraction of sp³-hybridized carbons (Fsp3) is 0.889. The van der Waals surface area contributed by atoms with Crippen molar-refractivity contribution < 1.29 is 35.9 Å². The Balaban J connectivity index is 5.14. The van der Waals surface area contributed by atoms with Gasteiger partial charge in [-0.15, -0.1) is 0 Å². The molecule has 0 atom stereocenters. The van der Waals surface area contributed by atoms with Gasteiger partial charge in [0.1, 0.15) is 0 Å². The predicted octanol–water partition coefficient (Wildman–Crippen LogP) is 2.60. The molecule has 0 saturated carbocycles. The molecule has 0 aliphatic rings. The summed E-state index contributed by atoms with van der Waals surface area (Å²) in [6.45, 7) is -0.768. The number of hydrogen-bond acceptors (Lipinski definition) is 2. The molecule has 0 aromatic carbocycles. The van der Waals surface area contributed by atoms with E-state index in [0.29, 0.717) is 4.90 Å². The third kappa shape index (κ3) is 5.98. The zero-order valence-electron chi connectivity index (χ0n) is 9.82. The summed E-state index contributed by atoms with van der Waals surface area (Å²) in [5.74, 6) is -6.02. The molecule has 19 heavy (non-hydrogen) atoms. The lowest BCUT2D eigenvalue weighted by Crippen LogP contribution is -2.50. The average Bonchev–Trinajstić information content (AvgIpc) is 2.19. The first-order chi connectivity index (χ1) is 8.55. The van der Waals surface area contributed by atoms with Gasteiger partial charge in [0, 0.05) is 25.5 Å². The summed E-state index contributed by atoms with van der Waals surface area (Å²) in [5, 5.41) is 0.0604. The first-order valence-electron chi connectivity index (χ1n) is 5.02. The highest BCUT2D eigenvalue weighted by Gasteiger charge is 2.61. The monoisotopic (exact) mass is 359 g/mol. The van der Waals surface area contributed by atoms with E-state index < -0.39 is 24.2 Å². The Kier molecular flexibility index (Phi) is 7.12. The van der Waals surface area contributed by atoms with Crippen molar-refractivity contribution in [2.75, 3.05) is 32.1 Å². The maximum atomic E-state index is 12.4. The Morgan fingerprint density at radius 1 is 1.16 bits per heavy atom. The molecule has 0 heterocycles. The van der Waals surface area contributed by atoms with Crippen LogP contribution in [-0.4, -0.2) is 55.3 Å². The highest BCUT2D eigenvalue weighted by atomic mass is 79.9. The summed E-state index contributed by atoms with van der Waals surface area (Å²) < 4.78 is 78.8. The SMILES string of the molecule is COCCN(CCBr)C(=O)C(C(F)(F)F)C(F)(F)F. The van der Waals surface area contributed by atoms with Gasteiger partial charge in [0.2, 0.25) is 11.8 Å². The molecule has 0 aliphatic carbocycles. The molecule has 0 aromatic rings. The molecule has 1 amide bonds. The second-order valence-corrected chi connectivity index (χ2v) is 4.32. The minimum absolute atomic E-state index is 0.0604. The van der Waals surface area contributed by atoms with Gasteiger partial charge in [-0.1, -0.05) is 15.9 Å². The van der Waals surface area contributed by atoms with Crippen molar-refractivity contribution in [2.24, 2.45) is 5.92 Å². The molecule has 3 nitrogen and oxygen atoms in total. The molecule has 0 saturated heterocycles. The standard InChI is InChI=1S/C9H12BrF6NO2/c1-19-5-4-17(3-2-10)7(18)6(8(11,12)13)9(14,15)16/h6H,2-5H2,1H3. The van der Waals surface area contributed by atoms with E-state index >= 15 is 0 Å². The molecular formula is C9H12BrF6NO2. The summed E-state index contributed by atoms with van der Waals surface area (Å²) in [7, 11) is 1.22. The first kappa shape index (κ1) is 18.5. The number of nitrogens with zero attached hydrogens (tertiary/aromatic N) is 1. The molecule has 0 fully saturated rings. The predicted molar refractivity (Wildman–Crippen MR) is 57.9 cm³/mol. The lowest BCUT2D eigenvalue weighted by atomic mass is 10.1. The van der Waals surface area contributed by atoms with Crippen molar-refractivity contribution in [2.45, 2.75) is 12.4 Å². The second-order valence-electron chi connectivity index (χ2n) is 3.52. The summed E-state index contributed by atoms with van der Waals surface area (Å²) in [6, 6.07) is 0. The van der Waals surface area contributed by atoms with Crippen molar-refractivity contribution in [3.8, 4) is 0 Å². The van der Waals surface area contributed by atoms with Crippen molar-refractivity contribution in [3.63, 3.8) is 0 Å². The van der Waals surface area contributed by atoms with Crippen LogP contribution in [0.3, 0.4) is 0 Å².